The van der Waals surface area contributed by atoms with E-state index in [0.29, 0.717) is 6.54 Å². The van der Waals surface area contributed by atoms with Gasteiger partial charge in [0.15, 0.2) is 6.10 Å². The largest absolute Gasteiger partial charge is 0.360 e. The van der Waals surface area contributed by atoms with Crippen LogP contribution in [0.5, 0.6) is 0 Å². The van der Waals surface area contributed by atoms with Crippen molar-refractivity contribution in [2.75, 3.05) is 6.54 Å². The fraction of sp³-hybridized carbons (Fsp3) is 0.533. The van der Waals surface area contributed by atoms with Gasteiger partial charge in [-0.05, 0) is 25.3 Å². The van der Waals surface area contributed by atoms with E-state index in [1.807, 2.05) is 37.3 Å². The number of carbonyl (C=O) groups is 1. The van der Waals surface area contributed by atoms with Crippen LogP contribution in [0.2, 0.25) is 0 Å². The van der Waals surface area contributed by atoms with E-state index < -0.39 is 6.10 Å². The fourth-order valence-electron chi connectivity index (χ4n) is 2.40. The summed E-state index contributed by atoms with van der Waals surface area (Å²) in [6.45, 7) is 2.56. The van der Waals surface area contributed by atoms with Crippen molar-refractivity contribution >= 4 is 5.91 Å². The van der Waals surface area contributed by atoms with Crippen LogP contribution in [0.3, 0.4) is 0 Å². The third-order valence-corrected chi connectivity index (χ3v) is 3.32. The Hall–Kier alpha value is -1.35. The Morgan fingerprint density at radius 2 is 2.00 bits per heavy atom. The second kappa shape index (κ2) is 6.55. The van der Waals surface area contributed by atoms with Crippen LogP contribution in [-0.4, -0.2) is 18.6 Å². The lowest BCUT2D eigenvalue weighted by Crippen LogP contribution is -2.32. The summed E-state index contributed by atoms with van der Waals surface area (Å²) in [6.07, 6.45) is 4.33. The Labute approximate surface area is 109 Å². The monoisotopic (exact) mass is 247 g/mol. The van der Waals surface area contributed by atoms with Crippen LogP contribution in [0.1, 0.15) is 44.3 Å². The lowest BCUT2D eigenvalue weighted by Gasteiger charge is -2.21. The van der Waals surface area contributed by atoms with Gasteiger partial charge in [-0.15, -0.1) is 0 Å². The smallest absolute Gasteiger partial charge is 0.253 e. The molecule has 0 heterocycles. The van der Waals surface area contributed by atoms with Crippen LogP contribution in [0, 0.1) is 0 Å². The fourth-order valence-corrected chi connectivity index (χ4v) is 2.40. The number of amides is 1. The first-order valence-electron chi connectivity index (χ1n) is 6.79. The molecular weight excluding hydrogens is 226 g/mol. The highest BCUT2D eigenvalue weighted by Crippen LogP contribution is 2.27. The molecule has 0 unspecified atom stereocenters. The summed E-state index contributed by atoms with van der Waals surface area (Å²) < 4.78 is 6.00. The molecule has 3 heteroatoms. The number of hydrogen-bond donors (Lipinski definition) is 1. The number of ether oxygens (including phenoxy) is 1. The zero-order valence-electron chi connectivity index (χ0n) is 10.9. The van der Waals surface area contributed by atoms with Crippen molar-refractivity contribution in [2.24, 2.45) is 0 Å². The number of rotatable bonds is 5. The lowest BCUT2D eigenvalue weighted by atomic mass is 10.1. The predicted octanol–water partition coefficient (Wildman–Crippen LogP) is 2.82. The predicted molar refractivity (Wildman–Crippen MR) is 71.2 cm³/mol. The minimum Gasteiger partial charge on any atom is -0.360 e. The van der Waals surface area contributed by atoms with E-state index in [1.165, 1.54) is 12.8 Å². The van der Waals surface area contributed by atoms with Crippen molar-refractivity contribution in [3.63, 3.8) is 0 Å². The topological polar surface area (TPSA) is 38.3 Å². The molecule has 1 N–H and O–H groups in total. The van der Waals surface area contributed by atoms with E-state index >= 15 is 0 Å². The van der Waals surface area contributed by atoms with Crippen molar-refractivity contribution in [2.45, 2.75) is 44.8 Å². The van der Waals surface area contributed by atoms with Crippen LogP contribution in [0.4, 0.5) is 0 Å². The Kier molecular flexibility index (Phi) is 4.76. The van der Waals surface area contributed by atoms with Gasteiger partial charge in [0.1, 0.15) is 0 Å². The molecule has 98 valence electrons. The molecule has 0 aromatic heterocycles. The van der Waals surface area contributed by atoms with E-state index in [9.17, 15) is 4.79 Å². The van der Waals surface area contributed by atoms with E-state index in [2.05, 4.69) is 5.32 Å². The van der Waals surface area contributed by atoms with Gasteiger partial charge in [-0.2, -0.15) is 0 Å². The molecule has 1 amide bonds. The summed E-state index contributed by atoms with van der Waals surface area (Å²) in [7, 11) is 0. The lowest BCUT2D eigenvalue weighted by molar-refractivity contribution is -0.137. The summed E-state index contributed by atoms with van der Waals surface area (Å²) in [5, 5.41) is 2.85. The molecular formula is C15H21NO2. The molecule has 0 radical (unpaired) electrons. The van der Waals surface area contributed by atoms with Gasteiger partial charge in [-0.25, -0.2) is 0 Å². The number of hydrogen-bond acceptors (Lipinski definition) is 2. The summed E-state index contributed by atoms with van der Waals surface area (Å²) in [6, 6.07) is 9.75. The molecule has 1 fully saturated rings. The number of benzene rings is 1. The molecule has 1 saturated carbocycles. The number of nitrogens with one attached hydrogen (secondary N) is 1. The number of likely N-dealkylation sites (N-methyl/N-ethyl adjacent to an activating group) is 1. The van der Waals surface area contributed by atoms with Gasteiger partial charge in [-0.3, -0.25) is 4.79 Å². The molecule has 0 saturated heterocycles. The van der Waals surface area contributed by atoms with Crippen molar-refractivity contribution < 1.29 is 9.53 Å². The standard InChI is InChI=1S/C15H21NO2/c1-2-16-15(17)14(12-8-4-3-5-9-12)18-13-10-6-7-11-13/h3-5,8-9,13-14H,2,6-7,10-11H2,1H3,(H,16,17)/t14-/m0/s1. The van der Waals surface area contributed by atoms with Crippen molar-refractivity contribution in [1.82, 2.24) is 5.32 Å². The summed E-state index contributed by atoms with van der Waals surface area (Å²) in [5.41, 5.74) is 0.940. The molecule has 0 aliphatic heterocycles. The SMILES string of the molecule is CCNC(=O)[C@@H](OC1CCCC1)c1ccccc1. The molecule has 1 aliphatic rings. The molecule has 2 rings (SSSR count). The van der Waals surface area contributed by atoms with Gasteiger partial charge >= 0.3 is 0 Å². The maximum Gasteiger partial charge on any atom is 0.253 e. The third kappa shape index (κ3) is 3.33. The van der Waals surface area contributed by atoms with Gasteiger partial charge in [0.2, 0.25) is 0 Å². The van der Waals surface area contributed by atoms with Crippen LogP contribution in [-0.2, 0) is 9.53 Å². The highest BCUT2D eigenvalue weighted by atomic mass is 16.5. The zero-order valence-corrected chi connectivity index (χ0v) is 10.9. The average molecular weight is 247 g/mol. The second-order valence-corrected chi connectivity index (χ2v) is 4.73. The van der Waals surface area contributed by atoms with Crippen LogP contribution >= 0.6 is 0 Å². The van der Waals surface area contributed by atoms with E-state index in [0.717, 1.165) is 18.4 Å². The second-order valence-electron chi connectivity index (χ2n) is 4.73. The molecule has 0 spiro atoms. The molecule has 1 aromatic carbocycles. The highest BCUT2D eigenvalue weighted by Gasteiger charge is 2.26. The first kappa shape index (κ1) is 13.1. The Morgan fingerprint density at radius 3 is 2.61 bits per heavy atom. The van der Waals surface area contributed by atoms with Gasteiger partial charge in [0, 0.05) is 6.54 Å². The maximum absolute atomic E-state index is 12.1. The van der Waals surface area contributed by atoms with Gasteiger partial charge < -0.3 is 10.1 Å². The minimum absolute atomic E-state index is 0.0319. The van der Waals surface area contributed by atoms with Gasteiger partial charge in [-0.1, -0.05) is 43.2 Å². The first-order chi connectivity index (χ1) is 8.81. The molecule has 1 atom stereocenters. The van der Waals surface area contributed by atoms with Gasteiger partial charge in [0.25, 0.3) is 5.91 Å². The molecule has 0 bridgehead atoms. The summed E-state index contributed by atoms with van der Waals surface area (Å²) in [4.78, 5) is 12.1. The normalized spacial score (nSPS) is 17.6. The molecule has 3 nitrogen and oxygen atoms in total. The third-order valence-electron chi connectivity index (χ3n) is 3.32. The van der Waals surface area contributed by atoms with Crippen molar-refractivity contribution in [3.05, 3.63) is 35.9 Å². The Morgan fingerprint density at radius 1 is 1.33 bits per heavy atom. The van der Waals surface area contributed by atoms with Crippen molar-refractivity contribution in [3.8, 4) is 0 Å². The Bertz CT molecular complexity index is 371. The van der Waals surface area contributed by atoms with E-state index in [4.69, 9.17) is 4.74 Å². The molecule has 1 aliphatic carbocycles. The van der Waals surface area contributed by atoms with E-state index in [1.54, 1.807) is 0 Å². The average Bonchev–Trinajstić information content (AvgIpc) is 2.90. The molecule has 18 heavy (non-hydrogen) atoms. The number of carbonyl (C=O) groups excluding carboxylic acids is 1. The Balaban J connectivity index is 2.09. The van der Waals surface area contributed by atoms with Crippen LogP contribution in [0.15, 0.2) is 30.3 Å². The maximum atomic E-state index is 12.1. The highest BCUT2D eigenvalue weighted by molar-refractivity contribution is 5.82. The molecule has 1 aromatic rings. The van der Waals surface area contributed by atoms with Crippen LogP contribution < -0.4 is 5.32 Å². The first-order valence-corrected chi connectivity index (χ1v) is 6.79. The quantitative estimate of drug-likeness (QED) is 0.869. The summed E-state index contributed by atoms with van der Waals surface area (Å²) in [5.74, 6) is -0.0319. The van der Waals surface area contributed by atoms with Crippen LogP contribution in [0.25, 0.3) is 0 Å². The summed E-state index contributed by atoms with van der Waals surface area (Å²) >= 11 is 0. The minimum atomic E-state index is -0.464. The van der Waals surface area contributed by atoms with E-state index in [-0.39, 0.29) is 12.0 Å². The van der Waals surface area contributed by atoms with Crippen molar-refractivity contribution in [1.29, 1.82) is 0 Å². The van der Waals surface area contributed by atoms with Gasteiger partial charge in [0.05, 0.1) is 6.10 Å². The zero-order chi connectivity index (χ0) is 12.8.